The lowest BCUT2D eigenvalue weighted by atomic mass is 9.91. The van der Waals surface area contributed by atoms with Crippen LogP contribution in [0.15, 0.2) is 40.3 Å². The number of carbonyl (C=O) groups is 1. The number of hydrogen-bond donors (Lipinski definition) is 2. The molecule has 0 aliphatic carbocycles. The van der Waals surface area contributed by atoms with Crippen LogP contribution in [0, 0.1) is 12.8 Å². The van der Waals surface area contributed by atoms with Gasteiger partial charge in [0, 0.05) is 27.8 Å². The first-order valence-electron chi connectivity index (χ1n) is 11.8. The molecule has 0 bridgehead atoms. The molecule has 34 heavy (non-hydrogen) atoms. The lowest BCUT2D eigenvalue weighted by Gasteiger charge is -2.20. The van der Waals surface area contributed by atoms with Crippen LogP contribution in [-0.4, -0.2) is 29.1 Å². The molecule has 1 unspecified atom stereocenters. The van der Waals surface area contributed by atoms with Crippen LogP contribution in [0.25, 0.3) is 10.1 Å². The van der Waals surface area contributed by atoms with Gasteiger partial charge in [0.05, 0.1) is 10.0 Å². The summed E-state index contributed by atoms with van der Waals surface area (Å²) in [5, 5.41) is 8.31. The first-order valence-corrected chi connectivity index (χ1v) is 15.0. The summed E-state index contributed by atoms with van der Waals surface area (Å²) in [6.07, 6.45) is 2.04. The predicted octanol–water partition coefficient (Wildman–Crippen LogP) is 8.82. The Hall–Kier alpha value is -1.41. The number of carbonyl (C=O) groups excluding carboxylic acids is 1. The maximum absolute atomic E-state index is 13.1. The number of amides is 2. The summed E-state index contributed by atoms with van der Waals surface area (Å²) in [7, 11) is 0. The summed E-state index contributed by atoms with van der Waals surface area (Å²) in [4.78, 5) is 18.8. The van der Waals surface area contributed by atoms with E-state index in [1.807, 2.05) is 19.1 Å². The fourth-order valence-corrected chi connectivity index (χ4v) is 7.14. The van der Waals surface area contributed by atoms with Crippen LogP contribution in [-0.2, 0) is 0 Å². The number of nitrogens with zero attached hydrogens (tertiary/aromatic N) is 1. The highest BCUT2D eigenvalue weighted by atomic mass is 35.5. The first-order chi connectivity index (χ1) is 16.3. The molecule has 2 amide bonds. The number of rotatable bonds is 11. The van der Waals surface area contributed by atoms with Gasteiger partial charge in [-0.15, -0.1) is 34.9 Å². The van der Waals surface area contributed by atoms with Gasteiger partial charge in [-0.2, -0.15) is 0 Å². The van der Waals surface area contributed by atoms with Crippen LogP contribution in [0.3, 0.4) is 0 Å². The van der Waals surface area contributed by atoms with Crippen molar-refractivity contribution in [2.75, 3.05) is 23.4 Å². The second kappa shape index (κ2) is 13.1. The molecule has 3 rings (SSSR count). The predicted molar refractivity (Wildman–Crippen MR) is 152 cm³/mol. The molecule has 2 N–H and O–H groups in total. The van der Waals surface area contributed by atoms with Crippen LogP contribution in [0.1, 0.15) is 57.7 Å². The van der Waals surface area contributed by atoms with E-state index in [0.29, 0.717) is 12.5 Å². The van der Waals surface area contributed by atoms with Crippen LogP contribution in [0.4, 0.5) is 10.5 Å². The van der Waals surface area contributed by atoms with Crippen LogP contribution >= 0.6 is 46.5 Å². The van der Waals surface area contributed by atoms with Gasteiger partial charge in [0.15, 0.2) is 0 Å². The van der Waals surface area contributed by atoms with Crippen LogP contribution < -0.4 is 10.6 Å². The van der Waals surface area contributed by atoms with Crippen molar-refractivity contribution < 1.29 is 4.79 Å². The molecule has 0 radical (unpaired) electrons. The molecule has 4 nitrogen and oxygen atoms in total. The Kier molecular flexibility index (Phi) is 10.4. The van der Waals surface area contributed by atoms with Crippen molar-refractivity contribution in [3.05, 3.63) is 45.9 Å². The summed E-state index contributed by atoms with van der Waals surface area (Å²) in [5.74, 6) is 2.56. The van der Waals surface area contributed by atoms with Crippen molar-refractivity contribution in [2.45, 2.75) is 63.3 Å². The number of hydrogen-bond acceptors (Lipinski definition) is 5. The van der Waals surface area contributed by atoms with Gasteiger partial charge in [-0.1, -0.05) is 63.9 Å². The molecule has 0 spiro atoms. The second-order valence-electron chi connectivity index (χ2n) is 8.60. The number of benzene rings is 1. The highest BCUT2D eigenvalue weighted by Crippen LogP contribution is 2.41. The number of halogens is 1. The zero-order valence-electron chi connectivity index (χ0n) is 20.5. The van der Waals surface area contributed by atoms with Gasteiger partial charge in [0.2, 0.25) is 0 Å². The molecule has 184 valence electrons. The number of anilines is 1. The Morgan fingerprint density at radius 2 is 1.88 bits per heavy atom. The molecule has 0 saturated heterocycles. The van der Waals surface area contributed by atoms with Crippen LogP contribution in [0.5, 0.6) is 0 Å². The Balaban J connectivity index is 1.81. The Bertz CT molecular complexity index is 1090. The highest BCUT2D eigenvalue weighted by molar-refractivity contribution is 8.00. The molecule has 3 aromatic rings. The normalized spacial score (nSPS) is 12.3. The minimum atomic E-state index is -0.202. The number of thioether (sulfide) groups is 2. The van der Waals surface area contributed by atoms with E-state index in [9.17, 15) is 4.79 Å². The van der Waals surface area contributed by atoms with Crippen LogP contribution in [0.2, 0.25) is 4.34 Å². The van der Waals surface area contributed by atoms with Gasteiger partial charge >= 0.3 is 6.03 Å². The van der Waals surface area contributed by atoms with E-state index >= 15 is 0 Å². The second-order valence-corrected chi connectivity index (χ2v) is 12.8. The number of aromatic nitrogens is 1. The van der Waals surface area contributed by atoms with Crippen molar-refractivity contribution in [1.29, 1.82) is 0 Å². The molecular formula is C26H34ClN3OS3. The maximum atomic E-state index is 13.1. The summed E-state index contributed by atoms with van der Waals surface area (Å²) >= 11 is 11.7. The third-order valence-electron chi connectivity index (χ3n) is 5.50. The summed E-state index contributed by atoms with van der Waals surface area (Å²) in [6.45, 7) is 11.2. The van der Waals surface area contributed by atoms with Crippen molar-refractivity contribution in [3.8, 4) is 0 Å². The number of urea groups is 1. The van der Waals surface area contributed by atoms with Gasteiger partial charge in [-0.25, -0.2) is 9.78 Å². The van der Waals surface area contributed by atoms with E-state index in [2.05, 4.69) is 61.5 Å². The third kappa shape index (κ3) is 7.06. The summed E-state index contributed by atoms with van der Waals surface area (Å²) < 4.78 is 2.01. The van der Waals surface area contributed by atoms with Crippen molar-refractivity contribution >= 4 is 68.3 Å². The molecule has 0 aliphatic heterocycles. The van der Waals surface area contributed by atoms with E-state index < -0.39 is 0 Å². The summed E-state index contributed by atoms with van der Waals surface area (Å²) in [5.41, 5.74) is 2.93. The largest absolute Gasteiger partial charge is 0.337 e. The molecule has 0 fully saturated rings. The topological polar surface area (TPSA) is 54.0 Å². The molecular weight excluding hydrogens is 502 g/mol. The van der Waals surface area contributed by atoms with Gasteiger partial charge < -0.3 is 10.6 Å². The number of pyridine rings is 1. The van der Waals surface area contributed by atoms with Gasteiger partial charge in [0.25, 0.3) is 0 Å². The third-order valence-corrected chi connectivity index (χ3v) is 8.69. The Morgan fingerprint density at radius 1 is 1.15 bits per heavy atom. The fraction of sp³-hybridized carbons (Fsp3) is 0.462. The summed E-state index contributed by atoms with van der Waals surface area (Å²) in [6, 6.07) is 10.2. The van der Waals surface area contributed by atoms with E-state index in [1.54, 1.807) is 34.9 Å². The van der Waals surface area contributed by atoms with Crippen molar-refractivity contribution in [3.63, 3.8) is 0 Å². The standard InChI is InChI=1S/C26H34ClN3OS3/c1-6-32-21-14-17(5)29-25(33-7-2)23(21)30-26(31)28-15-18(13-12-16(3)4)22-19-10-8-9-11-20(19)34-24(22)27/h8-11,14,16,18H,6-7,12-13,15H2,1-5H3,(H2,28,30,31). The quantitative estimate of drug-likeness (QED) is 0.241. The van der Waals surface area contributed by atoms with Crippen molar-refractivity contribution in [2.24, 2.45) is 5.92 Å². The number of nitrogens with one attached hydrogen (secondary N) is 2. The maximum Gasteiger partial charge on any atom is 0.319 e. The zero-order chi connectivity index (χ0) is 24.7. The zero-order valence-corrected chi connectivity index (χ0v) is 23.7. The Labute approximate surface area is 221 Å². The van der Waals surface area contributed by atoms with Gasteiger partial charge in [-0.05, 0) is 53.9 Å². The molecule has 2 aromatic heterocycles. The average Bonchev–Trinajstić information content (AvgIpc) is 3.12. The minimum Gasteiger partial charge on any atom is -0.337 e. The molecule has 1 atom stereocenters. The lowest BCUT2D eigenvalue weighted by molar-refractivity contribution is 0.251. The highest BCUT2D eigenvalue weighted by Gasteiger charge is 2.22. The van der Waals surface area contributed by atoms with E-state index in [0.717, 1.165) is 55.5 Å². The average molecular weight is 536 g/mol. The molecule has 1 aromatic carbocycles. The molecule has 0 aliphatic rings. The van der Waals surface area contributed by atoms with E-state index in [4.69, 9.17) is 11.6 Å². The van der Waals surface area contributed by atoms with Gasteiger partial charge in [0.1, 0.15) is 5.03 Å². The number of fused-ring (bicyclic) bond motifs is 1. The van der Waals surface area contributed by atoms with E-state index in [1.165, 1.54) is 10.1 Å². The smallest absolute Gasteiger partial charge is 0.319 e. The monoisotopic (exact) mass is 535 g/mol. The lowest BCUT2D eigenvalue weighted by Crippen LogP contribution is -2.33. The molecule has 8 heteroatoms. The molecule has 0 saturated carbocycles. The first kappa shape index (κ1) is 27.2. The number of thiophene rings is 1. The van der Waals surface area contributed by atoms with E-state index in [-0.39, 0.29) is 11.9 Å². The van der Waals surface area contributed by atoms with Gasteiger partial charge in [-0.3, -0.25) is 0 Å². The number of aryl methyl sites for hydroxylation is 1. The fourth-order valence-electron chi connectivity index (χ4n) is 3.91. The SMILES string of the molecule is CCSc1cc(C)nc(SCC)c1NC(=O)NCC(CCC(C)C)c1c(Cl)sc2ccccc12. The van der Waals surface area contributed by atoms with Crippen molar-refractivity contribution in [1.82, 2.24) is 10.3 Å². The molecule has 2 heterocycles. The minimum absolute atomic E-state index is 0.155. The Morgan fingerprint density at radius 3 is 2.59 bits per heavy atom.